The van der Waals surface area contributed by atoms with Crippen molar-refractivity contribution in [3.8, 4) is 0 Å². The zero-order valence-corrected chi connectivity index (χ0v) is 6.71. The van der Waals surface area contributed by atoms with Gasteiger partial charge >= 0.3 is 0 Å². The van der Waals surface area contributed by atoms with Gasteiger partial charge in [-0.1, -0.05) is 6.42 Å². The molecule has 0 saturated carbocycles. The molecule has 0 radical (unpaired) electrons. The van der Waals surface area contributed by atoms with Gasteiger partial charge < -0.3 is 5.73 Å². The second kappa shape index (κ2) is 4.91. The van der Waals surface area contributed by atoms with Gasteiger partial charge in [0, 0.05) is 6.20 Å². The Kier molecular flexibility index (Phi) is 3.69. The highest BCUT2D eigenvalue weighted by Gasteiger charge is 1.92. The summed E-state index contributed by atoms with van der Waals surface area (Å²) in [6, 6.07) is 0. The normalized spacial score (nSPS) is 10.3. The minimum Gasteiger partial charge on any atom is -0.330 e. The molecule has 0 saturated heterocycles. The van der Waals surface area contributed by atoms with Crippen molar-refractivity contribution >= 4 is 0 Å². The largest absolute Gasteiger partial charge is 0.330 e. The molecule has 0 amide bonds. The Bertz CT molecular complexity index is 169. The smallest absolute Gasteiger partial charge is 0.0519 e. The first-order chi connectivity index (χ1) is 5.43. The number of aryl methyl sites for hydroxylation is 1. The summed E-state index contributed by atoms with van der Waals surface area (Å²) >= 11 is 0. The Morgan fingerprint density at radius 3 is 2.91 bits per heavy atom. The van der Waals surface area contributed by atoms with E-state index in [0.717, 1.165) is 19.4 Å². The van der Waals surface area contributed by atoms with Gasteiger partial charge in [0.2, 0.25) is 0 Å². The van der Waals surface area contributed by atoms with Crippen LogP contribution in [0.2, 0.25) is 0 Å². The second-order valence-electron chi connectivity index (χ2n) is 2.71. The van der Waals surface area contributed by atoms with Crippen LogP contribution in [0.5, 0.6) is 0 Å². The first-order valence-corrected chi connectivity index (χ1v) is 4.11. The van der Waals surface area contributed by atoms with Crippen LogP contribution in [0.4, 0.5) is 0 Å². The van der Waals surface area contributed by atoms with Crippen molar-refractivity contribution in [2.45, 2.75) is 25.7 Å². The quantitative estimate of drug-likeness (QED) is 0.622. The fourth-order valence-corrected chi connectivity index (χ4v) is 1.06. The van der Waals surface area contributed by atoms with Gasteiger partial charge in [-0.2, -0.15) is 5.10 Å². The Hall–Kier alpha value is -0.830. The van der Waals surface area contributed by atoms with Crippen molar-refractivity contribution in [3.05, 3.63) is 18.0 Å². The van der Waals surface area contributed by atoms with Crippen LogP contribution in [0.25, 0.3) is 0 Å². The molecular formula is C8H15N3. The molecule has 3 heteroatoms. The van der Waals surface area contributed by atoms with Crippen LogP contribution in [-0.4, -0.2) is 16.7 Å². The molecule has 11 heavy (non-hydrogen) atoms. The van der Waals surface area contributed by atoms with Crippen LogP contribution in [0.1, 0.15) is 24.8 Å². The number of unbranched alkanes of at least 4 members (excludes halogenated alkanes) is 2. The van der Waals surface area contributed by atoms with E-state index in [1.54, 1.807) is 0 Å². The van der Waals surface area contributed by atoms with Gasteiger partial charge in [0.25, 0.3) is 0 Å². The maximum absolute atomic E-state index is 5.37. The molecule has 3 nitrogen and oxygen atoms in total. The van der Waals surface area contributed by atoms with E-state index in [4.69, 9.17) is 5.73 Å². The lowest BCUT2D eigenvalue weighted by atomic mass is 10.1. The van der Waals surface area contributed by atoms with E-state index < -0.39 is 0 Å². The number of nitrogens with zero attached hydrogens (tertiary/aromatic N) is 1. The number of aromatic nitrogens is 2. The second-order valence-corrected chi connectivity index (χ2v) is 2.71. The van der Waals surface area contributed by atoms with E-state index in [9.17, 15) is 0 Å². The lowest BCUT2D eigenvalue weighted by Gasteiger charge is -1.95. The van der Waals surface area contributed by atoms with Crippen molar-refractivity contribution in [1.82, 2.24) is 10.2 Å². The molecule has 0 fully saturated rings. The summed E-state index contributed by atoms with van der Waals surface area (Å²) in [4.78, 5) is 0. The van der Waals surface area contributed by atoms with Gasteiger partial charge in [-0.3, -0.25) is 5.10 Å². The highest BCUT2D eigenvalue weighted by molar-refractivity contribution is 5.01. The lowest BCUT2D eigenvalue weighted by Crippen LogP contribution is -1.97. The maximum atomic E-state index is 5.37. The van der Waals surface area contributed by atoms with Crippen LogP contribution >= 0.6 is 0 Å². The van der Waals surface area contributed by atoms with Crippen LogP contribution in [-0.2, 0) is 6.42 Å². The van der Waals surface area contributed by atoms with Gasteiger partial charge in [0.1, 0.15) is 0 Å². The summed E-state index contributed by atoms with van der Waals surface area (Å²) in [5, 5.41) is 6.67. The molecule has 1 aromatic rings. The topological polar surface area (TPSA) is 54.7 Å². The third-order valence-electron chi connectivity index (χ3n) is 1.72. The highest BCUT2D eigenvalue weighted by Crippen LogP contribution is 2.02. The van der Waals surface area contributed by atoms with Gasteiger partial charge in [-0.15, -0.1) is 0 Å². The Morgan fingerprint density at radius 1 is 1.36 bits per heavy atom. The molecule has 1 rings (SSSR count). The van der Waals surface area contributed by atoms with E-state index in [1.165, 1.54) is 18.4 Å². The molecule has 0 aliphatic rings. The number of aromatic amines is 1. The van der Waals surface area contributed by atoms with Crippen molar-refractivity contribution < 1.29 is 0 Å². The zero-order chi connectivity index (χ0) is 7.94. The average molecular weight is 153 g/mol. The number of rotatable bonds is 5. The van der Waals surface area contributed by atoms with E-state index in [-0.39, 0.29) is 0 Å². The molecule has 0 aliphatic heterocycles. The lowest BCUT2D eigenvalue weighted by molar-refractivity contribution is 0.687. The molecular weight excluding hydrogens is 138 g/mol. The molecule has 0 spiro atoms. The molecule has 62 valence electrons. The summed E-state index contributed by atoms with van der Waals surface area (Å²) in [5.41, 5.74) is 6.66. The van der Waals surface area contributed by atoms with Gasteiger partial charge in [0.15, 0.2) is 0 Å². The standard InChI is InChI=1S/C8H15N3/c9-5-3-1-2-4-8-6-10-11-7-8/h6-7H,1-5,9H2,(H,10,11). The van der Waals surface area contributed by atoms with Crippen LogP contribution < -0.4 is 5.73 Å². The van der Waals surface area contributed by atoms with Gasteiger partial charge in [-0.05, 0) is 31.4 Å². The fourth-order valence-electron chi connectivity index (χ4n) is 1.06. The number of nitrogens with one attached hydrogen (secondary N) is 1. The number of nitrogens with two attached hydrogens (primary N) is 1. The average Bonchev–Trinajstić information content (AvgIpc) is 2.50. The van der Waals surface area contributed by atoms with Crippen LogP contribution in [0.3, 0.4) is 0 Å². The highest BCUT2D eigenvalue weighted by atomic mass is 15.1. The van der Waals surface area contributed by atoms with Crippen LogP contribution in [0.15, 0.2) is 12.4 Å². The van der Waals surface area contributed by atoms with E-state index in [1.807, 2.05) is 12.4 Å². The number of H-pyrrole nitrogens is 1. The summed E-state index contributed by atoms with van der Waals surface area (Å²) in [5.74, 6) is 0. The predicted molar refractivity (Wildman–Crippen MR) is 45.2 cm³/mol. The molecule has 0 aromatic carbocycles. The molecule has 3 N–H and O–H groups in total. The monoisotopic (exact) mass is 153 g/mol. The van der Waals surface area contributed by atoms with E-state index >= 15 is 0 Å². The Labute approximate surface area is 67.0 Å². The van der Waals surface area contributed by atoms with Crippen molar-refractivity contribution in [1.29, 1.82) is 0 Å². The number of hydrogen-bond acceptors (Lipinski definition) is 2. The summed E-state index contributed by atoms with van der Waals surface area (Å²) in [6.45, 7) is 0.811. The zero-order valence-electron chi connectivity index (χ0n) is 6.71. The Balaban J connectivity index is 2.04. The fraction of sp³-hybridized carbons (Fsp3) is 0.625. The third kappa shape index (κ3) is 3.18. The molecule has 0 unspecified atom stereocenters. The molecule has 1 heterocycles. The first kappa shape index (κ1) is 8.27. The van der Waals surface area contributed by atoms with E-state index in [0.29, 0.717) is 0 Å². The maximum Gasteiger partial charge on any atom is 0.0519 e. The minimum absolute atomic E-state index is 0.811. The SMILES string of the molecule is NCCCCCc1cn[nH]c1. The molecule has 0 atom stereocenters. The summed E-state index contributed by atoms with van der Waals surface area (Å²) in [6.07, 6.45) is 8.53. The molecule has 0 aliphatic carbocycles. The first-order valence-electron chi connectivity index (χ1n) is 4.11. The molecule has 1 aromatic heterocycles. The van der Waals surface area contributed by atoms with Crippen molar-refractivity contribution in [3.63, 3.8) is 0 Å². The van der Waals surface area contributed by atoms with Crippen molar-refractivity contribution in [2.75, 3.05) is 6.54 Å². The third-order valence-corrected chi connectivity index (χ3v) is 1.72. The van der Waals surface area contributed by atoms with Crippen molar-refractivity contribution in [2.24, 2.45) is 5.73 Å². The van der Waals surface area contributed by atoms with Gasteiger partial charge in [0.05, 0.1) is 6.20 Å². The van der Waals surface area contributed by atoms with Crippen LogP contribution in [0, 0.1) is 0 Å². The Morgan fingerprint density at radius 2 is 2.27 bits per heavy atom. The predicted octanol–water partition coefficient (Wildman–Crippen LogP) is 1.08. The summed E-state index contributed by atoms with van der Waals surface area (Å²) < 4.78 is 0. The van der Waals surface area contributed by atoms with E-state index in [2.05, 4.69) is 10.2 Å². The minimum atomic E-state index is 0.811. The summed E-state index contributed by atoms with van der Waals surface area (Å²) in [7, 11) is 0. The number of hydrogen-bond donors (Lipinski definition) is 2. The molecule has 0 bridgehead atoms. The van der Waals surface area contributed by atoms with Gasteiger partial charge in [-0.25, -0.2) is 0 Å².